The summed E-state index contributed by atoms with van der Waals surface area (Å²) in [6, 6.07) is 0. The van der Waals surface area contributed by atoms with E-state index >= 15 is 0 Å². The van der Waals surface area contributed by atoms with Crippen molar-refractivity contribution in [2.75, 3.05) is 0 Å². The molecule has 0 N–H and O–H groups in total. The van der Waals surface area contributed by atoms with Gasteiger partial charge in [-0.1, -0.05) is 20.8 Å². The van der Waals surface area contributed by atoms with E-state index in [1.54, 1.807) is 0 Å². The summed E-state index contributed by atoms with van der Waals surface area (Å²) in [5.41, 5.74) is 1.41. The number of halogens is 2. The van der Waals surface area contributed by atoms with Crippen LogP contribution in [0.4, 0.5) is 0 Å². The number of allylic oxidation sites excluding steroid dienone is 3. The molecule has 88 valence electrons. The van der Waals surface area contributed by atoms with E-state index in [1.807, 2.05) is 11.8 Å². The Labute approximate surface area is 125 Å². The van der Waals surface area contributed by atoms with Crippen molar-refractivity contribution in [1.29, 1.82) is 0 Å². The average molecular weight is 302 g/mol. The van der Waals surface area contributed by atoms with Crippen molar-refractivity contribution < 1.29 is 21.7 Å². The van der Waals surface area contributed by atoms with Crippen LogP contribution < -0.4 is 0 Å². The minimum Gasteiger partial charge on any atom is -0.268 e. The fourth-order valence-corrected chi connectivity index (χ4v) is 2.52. The van der Waals surface area contributed by atoms with Crippen molar-refractivity contribution in [3.05, 3.63) is 23.8 Å². The van der Waals surface area contributed by atoms with Crippen LogP contribution in [-0.4, -0.2) is 10.5 Å². The second-order valence-electron chi connectivity index (χ2n) is 3.32. The third-order valence-corrected chi connectivity index (χ3v) is 3.34. The van der Waals surface area contributed by atoms with E-state index in [2.05, 4.69) is 39.0 Å². The van der Waals surface area contributed by atoms with Crippen LogP contribution in [0.5, 0.6) is 0 Å². The summed E-state index contributed by atoms with van der Waals surface area (Å²) in [5.74, 6) is 0. The van der Waals surface area contributed by atoms with Gasteiger partial charge >= 0.3 is 0 Å². The Morgan fingerprint density at radius 3 is 2.33 bits per heavy atom. The monoisotopic (exact) mass is 301 g/mol. The second-order valence-corrected chi connectivity index (χ2v) is 5.10. The Morgan fingerprint density at radius 2 is 2.00 bits per heavy atom. The molecule has 0 fully saturated rings. The normalized spacial score (nSPS) is 14.8. The van der Waals surface area contributed by atoms with Gasteiger partial charge in [-0.15, -0.1) is 31.2 Å². The van der Waals surface area contributed by atoms with Gasteiger partial charge in [0.15, 0.2) is 0 Å². The van der Waals surface area contributed by atoms with Crippen molar-refractivity contribution in [3.63, 3.8) is 0 Å². The van der Waals surface area contributed by atoms with Crippen LogP contribution >= 0.6 is 36.6 Å². The van der Waals surface area contributed by atoms with Crippen LogP contribution in [0.1, 0.15) is 33.6 Å². The molecule has 0 nitrogen and oxygen atoms in total. The summed E-state index contributed by atoms with van der Waals surface area (Å²) in [7, 11) is 0. The van der Waals surface area contributed by atoms with Gasteiger partial charge in [-0.2, -0.15) is 17.8 Å². The van der Waals surface area contributed by atoms with Gasteiger partial charge in [-0.3, -0.25) is 6.08 Å². The van der Waals surface area contributed by atoms with Crippen LogP contribution in [-0.2, 0) is 21.7 Å². The number of hydrogen-bond donors (Lipinski definition) is 0. The molecule has 4 heteroatoms. The predicted molar refractivity (Wildman–Crippen MR) is 71.8 cm³/mol. The maximum atomic E-state index is 3.40. The third kappa shape index (κ3) is 7.93. The van der Waals surface area contributed by atoms with Crippen LogP contribution in [0.15, 0.2) is 17.7 Å². The first-order chi connectivity index (χ1) is 5.74. The van der Waals surface area contributed by atoms with E-state index in [9.17, 15) is 0 Å². The van der Waals surface area contributed by atoms with E-state index in [4.69, 9.17) is 0 Å². The van der Waals surface area contributed by atoms with Gasteiger partial charge in [0.2, 0.25) is 0 Å². The van der Waals surface area contributed by atoms with E-state index in [1.165, 1.54) is 12.0 Å². The molecular formula is C11H19Cl2STi-. The Hall–Kier alpha value is 1.12. The standard InChI is InChI=1S/C11H17S.2ClH.Ti/c1-4-11(12-9(2)3)10-7-5-6-8-10;;;/h5,7,9,11H,4,6H2,1-3H3;2*1H;/q-1;;;. The first-order valence-corrected chi connectivity index (χ1v) is 5.61. The Morgan fingerprint density at radius 1 is 1.40 bits per heavy atom. The van der Waals surface area contributed by atoms with Crippen LogP contribution in [0.2, 0.25) is 0 Å². The zero-order chi connectivity index (χ0) is 8.97. The molecule has 1 rings (SSSR count). The molecule has 0 radical (unpaired) electrons. The van der Waals surface area contributed by atoms with Crippen molar-refractivity contribution in [3.8, 4) is 0 Å². The van der Waals surface area contributed by atoms with Crippen LogP contribution in [0.25, 0.3) is 0 Å². The Kier molecular flexibility index (Phi) is 16.6. The molecule has 0 saturated heterocycles. The molecule has 15 heavy (non-hydrogen) atoms. The fraction of sp³-hybridized carbons (Fsp3) is 0.636. The number of thioether (sulfide) groups is 1. The van der Waals surface area contributed by atoms with Crippen molar-refractivity contribution >= 4 is 36.6 Å². The molecule has 1 unspecified atom stereocenters. The maximum Gasteiger partial charge on any atom is 0 e. The molecule has 0 heterocycles. The summed E-state index contributed by atoms with van der Waals surface area (Å²) >= 11 is 2.05. The van der Waals surface area contributed by atoms with Crippen molar-refractivity contribution in [2.24, 2.45) is 0 Å². The first kappa shape index (κ1) is 21.4. The molecule has 0 bridgehead atoms. The topological polar surface area (TPSA) is 0 Å². The van der Waals surface area contributed by atoms with Gasteiger partial charge in [0.25, 0.3) is 0 Å². The van der Waals surface area contributed by atoms with E-state index in [0.29, 0.717) is 5.25 Å². The van der Waals surface area contributed by atoms with Gasteiger partial charge in [0.05, 0.1) is 0 Å². The SMILES string of the molecule is CCC(SC(C)C)C1=[C-]CC=C1.Cl.Cl.[Ti]. The summed E-state index contributed by atoms with van der Waals surface area (Å²) in [5, 5.41) is 1.39. The van der Waals surface area contributed by atoms with Gasteiger partial charge in [0, 0.05) is 21.7 Å². The van der Waals surface area contributed by atoms with Crippen LogP contribution in [0, 0.1) is 6.08 Å². The molecule has 0 spiro atoms. The summed E-state index contributed by atoms with van der Waals surface area (Å²) in [6.45, 7) is 6.76. The van der Waals surface area contributed by atoms with Gasteiger partial charge in [0.1, 0.15) is 0 Å². The number of rotatable bonds is 4. The zero-order valence-electron chi connectivity index (χ0n) is 9.45. The van der Waals surface area contributed by atoms with Gasteiger partial charge < -0.3 is 0 Å². The third-order valence-electron chi connectivity index (χ3n) is 1.88. The number of hydrogen-bond acceptors (Lipinski definition) is 1. The summed E-state index contributed by atoms with van der Waals surface area (Å²) in [6.07, 6.45) is 10.1. The molecule has 0 aromatic carbocycles. The van der Waals surface area contributed by atoms with E-state index < -0.39 is 0 Å². The fourth-order valence-electron chi connectivity index (χ4n) is 1.36. The largest absolute Gasteiger partial charge is 0.268 e. The quantitative estimate of drug-likeness (QED) is 0.546. The van der Waals surface area contributed by atoms with Crippen molar-refractivity contribution in [2.45, 2.75) is 44.1 Å². The molecular weight excluding hydrogens is 283 g/mol. The molecule has 0 amide bonds. The molecule has 1 aliphatic carbocycles. The predicted octanol–water partition coefficient (Wildman–Crippen LogP) is 4.44. The minimum absolute atomic E-state index is 0. The molecule has 0 aliphatic heterocycles. The smallest absolute Gasteiger partial charge is 0 e. The van der Waals surface area contributed by atoms with Gasteiger partial charge in [-0.25, -0.2) is 11.6 Å². The Bertz CT molecular complexity index is 203. The first-order valence-electron chi connectivity index (χ1n) is 4.66. The van der Waals surface area contributed by atoms with Crippen LogP contribution in [0.3, 0.4) is 0 Å². The zero-order valence-corrected chi connectivity index (χ0v) is 13.5. The van der Waals surface area contributed by atoms with E-state index in [-0.39, 0.29) is 46.5 Å². The second kappa shape index (κ2) is 11.6. The average Bonchev–Trinajstić information content (AvgIpc) is 2.51. The molecule has 1 atom stereocenters. The molecule has 1 aliphatic rings. The van der Waals surface area contributed by atoms with E-state index in [0.717, 1.165) is 11.7 Å². The molecule has 0 aromatic heterocycles. The van der Waals surface area contributed by atoms with Gasteiger partial charge in [-0.05, 0) is 16.9 Å². The summed E-state index contributed by atoms with van der Waals surface area (Å²) in [4.78, 5) is 0. The summed E-state index contributed by atoms with van der Waals surface area (Å²) < 4.78 is 0. The Balaban J connectivity index is -0.000000480. The maximum absolute atomic E-state index is 3.40. The molecule has 0 saturated carbocycles. The minimum atomic E-state index is 0. The molecule has 0 aromatic rings. The van der Waals surface area contributed by atoms with Crippen molar-refractivity contribution in [1.82, 2.24) is 0 Å².